The van der Waals surface area contributed by atoms with Gasteiger partial charge < -0.3 is 10.6 Å². The fourth-order valence-corrected chi connectivity index (χ4v) is 2.58. The molecule has 5 nitrogen and oxygen atoms in total. The average Bonchev–Trinajstić information content (AvgIpc) is 2.36. The highest BCUT2D eigenvalue weighted by molar-refractivity contribution is 9.10. The van der Waals surface area contributed by atoms with Crippen molar-refractivity contribution in [2.45, 2.75) is 31.8 Å². The molecular weight excluding hydrogens is 317 g/mol. The summed E-state index contributed by atoms with van der Waals surface area (Å²) in [5.41, 5.74) is 0.109. The molecule has 1 fully saturated rings. The van der Waals surface area contributed by atoms with Crippen LogP contribution in [-0.4, -0.2) is 23.6 Å². The van der Waals surface area contributed by atoms with Crippen LogP contribution in [0.1, 0.15) is 19.8 Å². The number of nitro benzene ring substituents is 1. The number of benzene rings is 1. The highest BCUT2D eigenvalue weighted by Gasteiger charge is 2.25. The summed E-state index contributed by atoms with van der Waals surface area (Å²) in [6, 6.07) is 2.62. The lowest BCUT2D eigenvalue weighted by Crippen LogP contribution is -2.46. The molecule has 1 aromatic carbocycles. The van der Waals surface area contributed by atoms with Crippen LogP contribution < -0.4 is 10.6 Å². The largest absolute Gasteiger partial charge is 0.375 e. The fourth-order valence-electron chi connectivity index (χ4n) is 2.24. The van der Waals surface area contributed by atoms with Gasteiger partial charge in [-0.2, -0.15) is 0 Å². The van der Waals surface area contributed by atoms with Crippen molar-refractivity contribution in [2.24, 2.45) is 0 Å². The number of hydrogen-bond donors (Lipinski definition) is 2. The number of piperidine rings is 1. The molecule has 2 N–H and O–H groups in total. The van der Waals surface area contributed by atoms with Gasteiger partial charge in [0.25, 0.3) is 5.69 Å². The fraction of sp³-hybridized carbons (Fsp3) is 0.500. The van der Waals surface area contributed by atoms with Crippen LogP contribution in [0.5, 0.6) is 0 Å². The van der Waals surface area contributed by atoms with Gasteiger partial charge >= 0.3 is 0 Å². The third kappa shape index (κ3) is 3.22. The van der Waals surface area contributed by atoms with Crippen molar-refractivity contribution in [3.63, 3.8) is 0 Å². The molecule has 0 amide bonds. The number of rotatable bonds is 3. The lowest BCUT2D eigenvalue weighted by Gasteiger charge is -2.31. The second-order valence-corrected chi connectivity index (χ2v) is 5.53. The summed E-state index contributed by atoms with van der Waals surface area (Å²) in [6.07, 6.45) is 1.90. The molecule has 0 aromatic heterocycles. The van der Waals surface area contributed by atoms with E-state index in [4.69, 9.17) is 0 Å². The molecule has 0 saturated carbocycles. The molecule has 104 valence electrons. The summed E-state index contributed by atoms with van der Waals surface area (Å²) < 4.78 is 13.6. The third-order valence-corrected chi connectivity index (χ3v) is 3.95. The monoisotopic (exact) mass is 331 g/mol. The predicted octanol–water partition coefficient (Wildman–Crippen LogP) is 3.05. The van der Waals surface area contributed by atoms with Gasteiger partial charge in [0.05, 0.1) is 9.40 Å². The molecule has 2 unspecified atom stereocenters. The molecule has 1 aliphatic rings. The third-order valence-electron chi connectivity index (χ3n) is 3.34. The van der Waals surface area contributed by atoms with E-state index in [1.807, 2.05) is 6.92 Å². The maximum Gasteiger partial charge on any atom is 0.293 e. The van der Waals surface area contributed by atoms with Gasteiger partial charge in [0.15, 0.2) is 0 Å². The Bertz CT molecular complexity index is 498. The van der Waals surface area contributed by atoms with Crippen molar-refractivity contribution in [3.8, 4) is 0 Å². The average molecular weight is 332 g/mol. The van der Waals surface area contributed by atoms with Crippen molar-refractivity contribution in [1.29, 1.82) is 0 Å². The van der Waals surface area contributed by atoms with E-state index < -0.39 is 10.7 Å². The van der Waals surface area contributed by atoms with E-state index in [1.54, 1.807) is 0 Å². The highest BCUT2D eigenvalue weighted by atomic mass is 79.9. The molecule has 7 heteroatoms. The van der Waals surface area contributed by atoms with Crippen LogP contribution in [0.15, 0.2) is 16.6 Å². The van der Waals surface area contributed by atoms with Gasteiger partial charge in [-0.15, -0.1) is 0 Å². The summed E-state index contributed by atoms with van der Waals surface area (Å²) in [5.74, 6) is -0.510. The zero-order chi connectivity index (χ0) is 14.0. The van der Waals surface area contributed by atoms with Crippen molar-refractivity contribution < 1.29 is 9.31 Å². The zero-order valence-corrected chi connectivity index (χ0v) is 12.0. The maximum atomic E-state index is 13.5. The van der Waals surface area contributed by atoms with Crippen molar-refractivity contribution in [2.75, 3.05) is 11.9 Å². The van der Waals surface area contributed by atoms with Crippen molar-refractivity contribution >= 4 is 27.3 Å². The summed E-state index contributed by atoms with van der Waals surface area (Å²) in [4.78, 5) is 10.5. The molecule has 1 aromatic rings. The van der Waals surface area contributed by atoms with Gasteiger partial charge in [-0.3, -0.25) is 10.1 Å². The van der Waals surface area contributed by atoms with E-state index in [9.17, 15) is 14.5 Å². The lowest BCUT2D eigenvalue weighted by atomic mass is 9.99. The van der Waals surface area contributed by atoms with Gasteiger partial charge in [-0.1, -0.05) is 0 Å². The molecular formula is C12H15BrFN3O2. The first-order chi connectivity index (χ1) is 8.99. The first kappa shape index (κ1) is 14.2. The molecule has 0 aliphatic carbocycles. The molecule has 2 atom stereocenters. The topological polar surface area (TPSA) is 67.2 Å². The van der Waals surface area contributed by atoms with E-state index in [2.05, 4.69) is 26.6 Å². The maximum absolute atomic E-state index is 13.5. The number of anilines is 1. The van der Waals surface area contributed by atoms with E-state index >= 15 is 0 Å². The van der Waals surface area contributed by atoms with Crippen LogP contribution in [0.4, 0.5) is 15.8 Å². The first-order valence-corrected chi connectivity index (χ1v) is 6.91. The summed E-state index contributed by atoms with van der Waals surface area (Å²) in [5, 5.41) is 17.4. The Kier molecular flexibility index (Phi) is 4.36. The second-order valence-electron chi connectivity index (χ2n) is 4.68. The molecule has 0 radical (unpaired) electrons. The Morgan fingerprint density at radius 3 is 2.95 bits per heavy atom. The second kappa shape index (κ2) is 5.83. The number of halogens is 2. The number of nitrogens with zero attached hydrogens (tertiary/aromatic N) is 1. The van der Waals surface area contributed by atoms with Crippen molar-refractivity contribution in [3.05, 3.63) is 32.5 Å². The number of nitro groups is 1. The van der Waals surface area contributed by atoms with Crippen molar-refractivity contribution in [1.82, 2.24) is 5.32 Å². The van der Waals surface area contributed by atoms with Gasteiger partial charge in [-0.05, 0) is 42.2 Å². The van der Waals surface area contributed by atoms with Crippen LogP contribution in [0, 0.1) is 15.9 Å². The van der Waals surface area contributed by atoms with E-state index in [-0.39, 0.29) is 27.9 Å². The minimum absolute atomic E-state index is 0.0630. The van der Waals surface area contributed by atoms with Gasteiger partial charge in [-0.25, -0.2) is 4.39 Å². The molecule has 0 spiro atoms. The lowest BCUT2D eigenvalue weighted by molar-refractivity contribution is -0.384. The summed E-state index contributed by atoms with van der Waals surface area (Å²) in [6.45, 7) is 2.95. The van der Waals surface area contributed by atoms with Gasteiger partial charge in [0, 0.05) is 24.2 Å². The van der Waals surface area contributed by atoms with E-state index in [0.29, 0.717) is 0 Å². The Morgan fingerprint density at radius 2 is 2.32 bits per heavy atom. The predicted molar refractivity (Wildman–Crippen MR) is 74.9 cm³/mol. The zero-order valence-electron chi connectivity index (χ0n) is 10.5. The van der Waals surface area contributed by atoms with Gasteiger partial charge in [0.2, 0.25) is 0 Å². The highest BCUT2D eigenvalue weighted by Crippen LogP contribution is 2.32. The smallest absolute Gasteiger partial charge is 0.293 e. The molecule has 0 bridgehead atoms. The Balaban J connectivity index is 2.27. The van der Waals surface area contributed by atoms with E-state index in [0.717, 1.165) is 19.4 Å². The van der Waals surface area contributed by atoms with Crippen LogP contribution in [-0.2, 0) is 0 Å². The minimum atomic E-state index is -0.510. The Labute approximate surface area is 118 Å². The quantitative estimate of drug-likeness (QED) is 0.659. The SMILES string of the molecule is CC1NCCCC1Nc1cc(F)c(Br)cc1[N+](=O)[O-]. The number of hydrogen-bond acceptors (Lipinski definition) is 4. The van der Waals surface area contributed by atoms with Crippen LogP contribution in [0.3, 0.4) is 0 Å². The van der Waals surface area contributed by atoms with E-state index in [1.165, 1.54) is 12.1 Å². The summed E-state index contributed by atoms with van der Waals surface area (Å²) >= 11 is 2.97. The Hall–Kier alpha value is -1.21. The number of nitrogens with one attached hydrogen (secondary N) is 2. The standard InChI is InChI=1S/C12H15BrFN3O2/c1-7-10(3-2-4-15-7)16-11-6-9(14)8(13)5-12(11)17(18)19/h5-7,10,15-16H,2-4H2,1H3. The Morgan fingerprint density at radius 1 is 1.58 bits per heavy atom. The molecule has 2 rings (SSSR count). The molecule has 1 aliphatic heterocycles. The molecule has 1 saturated heterocycles. The normalized spacial score (nSPS) is 23.1. The van der Waals surface area contributed by atoms with Crippen LogP contribution in [0.2, 0.25) is 0 Å². The van der Waals surface area contributed by atoms with Gasteiger partial charge in [0.1, 0.15) is 11.5 Å². The van der Waals surface area contributed by atoms with Crippen LogP contribution in [0.25, 0.3) is 0 Å². The molecule has 19 heavy (non-hydrogen) atoms. The first-order valence-electron chi connectivity index (χ1n) is 6.12. The summed E-state index contributed by atoms with van der Waals surface area (Å²) in [7, 11) is 0. The minimum Gasteiger partial charge on any atom is -0.375 e. The van der Waals surface area contributed by atoms with Crippen LogP contribution >= 0.6 is 15.9 Å². The molecule has 1 heterocycles.